The molecule has 21 heavy (non-hydrogen) atoms. The first kappa shape index (κ1) is 14.1. The molecule has 3 rings (SSSR count). The Morgan fingerprint density at radius 1 is 1.43 bits per heavy atom. The summed E-state index contributed by atoms with van der Waals surface area (Å²) in [6.45, 7) is 3.53. The van der Waals surface area contributed by atoms with Gasteiger partial charge in [0.05, 0.1) is 6.04 Å². The van der Waals surface area contributed by atoms with E-state index in [1.165, 1.54) is 0 Å². The van der Waals surface area contributed by atoms with Crippen LogP contribution in [0.3, 0.4) is 0 Å². The van der Waals surface area contributed by atoms with Crippen molar-refractivity contribution < 1.29 is 9.21 Å². The van der Waals surface area contributed by atoms with E-state index >= 15 is 0 Å². The standard InChI is InChI=1S/C17H22N2O2/c1-12-6-5-9-19(17(12)20)11-14(18-2)16-10-13-7-3-4-8-15(13)21-16/h3-4,7-8,10,12,14,18H,5-6,9,11H2,1-2H3. The molecule has 1 saturated heterocycles. The van der Waals surface area contributed by atoms with Gasteiger partial charge in [0, 0.05) is 24.4 Å². The fourth-order valence-electron chi connectivity index (χ4n) is 3.03. The van der Waals surface area contributed by atoms with Gasteiger partial charge in [-0.05, 0) is 32.0 Å². The molecule has 1 aliphatic rings. The molecular weight excluding hydrogens is 264 g/mol. The van der Waals surface area contributed by atoms with Crippen LogP contribution in [0.15, 0.2) is 34.7 Å². The lowest BCUT2D eigenvalue weighted by molar-refractivity contribution is -0.138. The second kappa shape index (κ2) is 5.90. The molecule has 1 fully saturated rings. The number of fused-ring (bicyclic) bond motifs is 1. The molecule has 4 heteroatoms. The Morgan fingerprint density at radius 2 is 2.24 bits per heavy atom. The van der Waals surface area contributed by atoms with Crippen molar-refractivity contribution in [2.24, 2.45) is 5.92 Å². The van der Waals surface area contributed by atoms with Crippen molar-refractivity contribution in [3.63, 3.8) is 0 Å². The van der Waals surface area contributed by atoms with Gasteiger partial charge in [0.2, 0.25) is 5.91 Å². The molecule has 0 aliphatic carbocycles. The minimum atomic E-state index is 0.0339. The molecule has 4 nitrogen and oxygen atoms in total. The minimum Gasteiger partial charge on any atom is -0.459 e. The van der Waals surface area contributed by atoms with E-state index in [9.17, 15) is 4.79 Å². The van der Waals surface area contributed by atoms with E-state index in [0.717, 1.165) is 36.1 Å². The number of hydrogen-bond acceptors (Lipinski definition) is 3. The molecule has 0 radical (unpaired) electrons. The molecular formula is C17H22N2O2. The normalized spacial score (nSPS) is 21.0. The molecule has 1 amide bonds. The lowest BCUT2D eigenvalue weighted by atomic mass is 9.98. The monoisotopic (exact) mass is 286 g/mol. The molecule has 1 N–H and O–H groups in total. The third-order valence-electron chi connectivity index (χ3n) is 4.34. The summed E-state index contributed by atoms with van der Waals surface area (Å²) in [5.41, 5.74) is 0.895. The summed E-state index contributed by atoms with van der Waals surface area (Å²) in [5.74, 6) is 1.30. The van der Waals surface area contributed by atoms with Gasteiger partial charge in [-0.1, -0.05) is 25.1 Å². The van der Waals surface area contributed by atoms with Crippen molar-refractivity contribution in [3.05, 3.63) is 36.1 Å². The molecule has 2 heterocycles. The van der Waals surface area contributed by atoms with Crippen molar-refractivity contribution >= 4 is 16.9 Å². The molecule has 2 aromatic rings. The molecule has 2 unspecified atom stereocenters. The van der Waals surface area contributed by atoms with Crippen LogP contribution in [0.5, 0.6) is 0 Å². The van der Waals surface area contributed by atoms with Gasteiger partial charge in [-0.2, -0.15) is 0 Å². The minimum absolute atomic E-state index is 0.0339. The number of carbonyl (C=O) groups is 1. The molecule has 1 aromatic carbocycles. The summed E-state index contributed by atoms with van der Waals surface area (Å²) in [6.07, 6.45) is 2.09. The SMILES string of the molecule is CNC(CN1CCCC(C)C1=O)c1cc2ccccc2o1. The smallest absolute Gasteiger partial charge is 0.225 e. The van der Waals surface area contributed by atoms with Crippen molar-refractivity contribution in [2.75, 3.05) is 20.1 Å². The predicted octanol–water partition coefficient (Wildman–Crippen LogP) is 2.95. The van der Waals surface area contributed by atoms with Crippen molar-refractivity contribution in [1.82, 2.24) is 10.2 Å². The van der Waals surface area contributed by atoms with Crippen LogP contribution < -0.4 is 5.32 Å². The number of amides is 1. The van der Waals surface area contributed by atoms with E-state index in [4.69, 9.17) is 4.42 Å². The first-order valence-corrected chi connectivity index (χ1v) is 7.63. The summed E-state index contributed by atoms with van der Waals surface area (Å²) in [5, 5.41) is 4.38. The van der Waals surface area contributed by atoms with Gasteiger partial charge >= 0.3 is 0 Å². The lowest BCUT2D eigenvalue weighted by Gasteiger charge is -2.32. The highest BCUT2D eigenvalue weighted by Gasteiger charge is 2.28. The van der Waals surface area contributed by atoms with Crippen LogP contribution in [0.1, 0.15) is 31.6 Å². The van der Waals surface area contributed by atoms with Crippen molar-refractivity contribution in [1.29, 1.82) is 0 Å². The number of likely N-dealkylation sites (N-methyl/N-ethyl adjacent to an activating group) is 1. The fourth-order valence-corrected chi connectivity index (χ4v) is 3.03. The van der Waals surface area contributed by atoms with E-state index in [0.29, 0.717) is 6.54 Å². The Bertz CT molecular complexity index is 602. The number of carbonyl (C=O) groups excluding carboxylic acids is 1. The Kier molecular flexibility index (Phi) is 3.97. The van der Waals surface area contributed by atoms with Gasteiger partial charge in [-0.15, -0.1) is 0 Å². The second-order valence-corrected chi connectivity index (χ2v) is 5.86. The topological polar surface area (TPSA) is 45.5 Å². The van der Waals surface area contributed by atoms with Crippen LogP contribution in [0, 0.1) is 5.92 Å². The van der Waals surface area contributed by atoms with Gasteiger partial charge < -0.3 is 14.6 Å². The van der Waals surface area contributed by atoms with Crippen LogP contribution in [0.2, 0.25) is 0 Å². The number of hydrogen-bond donors (Lipinski definition) is 1. The second-order valence-electron chi connectivity index (χ2n) is 5.86. The molecule has 0 saturated carbocycles. The molecule has 1 aromatic heterocycles. The van der Waals surface area contributed by atoms with E-state index in [-0.39, 0.29) is 17.9 Å². The summed E-state index contributed by atoms with van der Waals surface area (Å²) in [7, 11) is 1.91. The Morgan fingerprint density at radius 3 is 3.00 bits per heavy atom. The summed E-state index contributed by atoms with van der Waals surface area (Å²) in [4.78, 5) is 14.2. The molecule has 1 aliphatic heterocycles. The van der Waals surface area contributed by atoms with E-state index in [1.54, 1.807) is 0 Å². The first-order valence-electron chi connectivity index (χ1n) is 7.63. The highest BCUT2D eigenvalue weighted by Crippen LogP contribution is 2.26. The van der Waals surface area contributed by atoms with Gasteiger partial charge in [-0.25, -0.2) is 0 Å². The van der Waals surface area contributed by atoms with E-state index in [2.05, 4.69) is 11.4 Å². The largest absolute Gasteiger partial charge is 0.459 e. The van der Waals surface area contributed by atoms with Crippen LogP contribution in [0.25, 0.3) is 11.0 Å². The summed E-state index contributed by atoms with van der Waals surface area (Å²) < 4.78 is 5.92. The summed E-state index contributed by atoms with van der Waals surface area (Å²) >= 11 is 0. The highest BCUT2D eigenvalue weighted by molar-refractivity contribution is 5.79. The fraction of sp³-hybridized carbons (Fsp3) is 0.471. The maximum atomic E-state index is 12.2. The first-order chi connectivity index (χ1) is 10.2. The van der Waals surface area contributed by atoms with Gasteiger partial charge in [-0.3, -0.25) is 4.79 Å². The van der Waals surface area contributed by atoms with Crippen LogP contribution in [0.4, 0.5) is 0 Å². The summed E-state index contributed by atoms with van der Waals surface area (Å²) in [6, 6.07) is 10.1. The Hall–Kier alpha value is -1.81. The van der Waals surface area contributed by atoms with Gasteiger partial charge in [0.25, 0.3) is 0 Å². The number of para-hydroxylation sites is 1. The van der Waals surface area contributed by atoms with Gasteiger partial charge in [0.15, 0.2) is 0 Å². The number of furan rings is 1. The van der Waals surface area contributed by atoms with E-state index < -0.39 is 0 Å². The molecule has 0 bridgehead atoms. The number of piperidine rings is 1. The lowest BCUT2D eigenvalue weighted by Crippen LogP contribution is -2.44. The number of benzene rings is 1. The number of nitrogens with one attached hydrogen (secondary N) is 1. The third-order valence-corrected chi connectivity index (χ3v) is 4.34. The highest BCUT2D eigenvalue weighted by atomic mass is 16.3. The Labute approximate surface area is 125 Å². The predicted molar refractivity (Wildman–Crippen MR) is 83.0 cm³/mol. The zero-order valence-electron chi connectivity index (χ0n) is 12.6. The maximum absolute atomic E-state index is 12.2. The molecule has 112 valence electrons. The van der Waals surface area contributed by atoms with Crippen LogP contribution in [-0.2, 0) is 4.79 Å². The average Bonchev–Trinajstić information content (AvgIpc) is 2.92. The van der Waals surface area contributed by atoms with E-state index in [1.807, 2.05) is 43.1 Å². The Balaban J connectivity index is 1.79. The number of likely N-dealkylation sites (tertiary alicyclic amines) is 1. The molecule has 0 spiro atoms. The van der Waals surface area contributed by atoms with Crippen molar-refractivity contribution in [3.8, 4) is 0 Å². The van der Waals surface area contributed by atoms with Crippen LogP contribution in [-0.4, -0.2) is 30.9 Å². The zero-order valence-corrected chi connectivity index (χ0v) is 12.6. The molecule has 2 atom stereocenters. The number of rotatable bonds is 4. The average molecular weight is 286 g/mol. The third kappa shape index (κ3) is 2.81. The maximum Gasteiger partial charge on any atom is 0.225 e. The van der Waals surface area contributed by atoms with Crippen molar-refractivity contribution in [2.45, 2.75) is 25.8 Å². The zero-order chi connectivity index (χ0) is 14.8. The quantitative estimate of drug-likeness (QED) is 0.940. The van der Waals surface area contributed by atoms with Crippen LogP contribution >= 0.6 is 0 Å². The van der Waals surface area contributed by atoms with Gasteiger partial charge in [0.1, 0.15) is 11.3 Å². The number of nitrogens with zero attached hydrogens (tertiary/aromatic N) is 1.